The van der Waals surface area contributed by atoms with Gasteiger partial charge in [0.15, 0.2) is 0 Å². The minimum absolute atomic E-state index is 0.0221. The van der Waals surface area contributed by atoms with Crippen molar-refractivity contribution in [3.63, 3.8) is 0 Å². The maximum Gasteiger partial charge on any atom is 0.242 e. The fourth-order valence-corrected chi connectivity index (χ4v) is 4.88. The zero-order chi connectivity index (χ0) is 26.5. The Morgan fingerprint density at radius 3 is 2.58 bits per heavy atom. The molecule has 0 aliphatic carbocycles. The van der Waals surface area contributed by atoms with Gasteiger partial charge in [-0.25, -0.2) is 4.98 Å². The number of aryl methyl sites for hydroxylation is 1. The number of nitrogens with zero attached hydrogens (tertiary/aromatic N) is 6. The molecule has 196 valence electrons. The van der Waals surface area contributed by atoms with Crippen molar-refractivity contribution in [2.24, 2.45) is 0 Å². The van der Waals surface area contributed by atoms with E-state index in [1.54, 1.807) is 0 Å². The number of amides is 2. The van der Waals surface area contributed by atoms with Crippen LogP contribution in [0.2, 0.25) is 0 Å². The molecule has 10 nitrogen and oxygen atoms in total. The molecule has 10 heteroatoms. The first kappa shape index (κ1) is 25.3. The molecule has 2 amide bonds. The minimum atomic E-state index is -0.202. The Hall–Kier alpha value is -4.34. The highest BCUT2D eigenvalue weighted by Crippen LogP contribution is 2.30. The molecule has 5 rings (SSSR count). The maximum absolute atomic E-state index is 12.7. The molecule has 0 saturated carbocycles. The lowest BCUT2D eigenvalue weighted by Gasteiger charge is -2.28. The lowest BCUT2D eigenvalue weighted by Crippen LogP contribution is -2.42. The van der Waals surface area contributed by atoms with E-state index in [2.05, 4.69) is 67.8 Å². The first-order chi connectivity index (χ1) is 18.5. The predicted octanol–water partition coefficient (Wildman–Crippen LogP) is 3.14. The van der Waals surface area contributed by atoms with E-state index < -0.39 is 0 Å². The van der Waals surface area contributed by atoms with Crippen LogP contribution in [0.25, 0.3) is 22.5 Å². The number of rotatable bonds is 9. The van der Waals surface area contributed by atoms with Crippen LogP contribution in [0.1, 0.15) is 49.5 Å². The van der Waals surface area contributed by atoms with Crippen molar-refractivity contribution in [3.8, 4) is 22.5 Å². The zero-order valence-electron chi connectivity index (χ0n) is 21.8. The van der Waals surface area contributed by atoms with Crippen molar-refractivity contribution in [3.05, 3.63) is 71.3 Å². The second-order valence-corrected chi connectivity index (χ2v) is 9.56. The molecule has 0 bridgehead atoms. The van der Waals surface area contributed by atoms with Gasteiger partial charge in [0.25, 0.3) is 0 Å². The van der Waals surface area contributed by atoms with Gasteiger partial charge in [-0.1, -0.05) is 61.9 Å². The number of benzene rings is 2. The van der Waals surface area contributed by atoms with Crippen molar-refractivity contribution in [2.75, 3.05) is 13.1 Å². The van der Waals surface area contributed by atoms with Crippen LogP contribution in [0, 0.1) is 0 Å². The summed E-state index contributed by atoms with van der Waals surface area (Å²) in [4.78, 5) is 30.8. The highest BCUT2D eigenvalue weighted by atomic mass is 16.2. The summed E-state index contributed by atoms with van der Waals surface area (Å²) in [5.74, 6) is 1.36. The fraction of sp³-hybridized carbons (Fsp3) is 0.357. The number of aromatic amines is 1. The third kappa shape index (κ3) is 5.49. The number of hydrogen-bond acceptors (Lipinski definition) is 6. The third-order valence-electron chi connectivity index (χ3n) is 6.91. The van der Waals surface area contributed by atoms with Gasteiger partial charge in [-0.15, -0.1) is 10.2 Å². The van der Waals surface area contributed by atoms with Gasteiger partial charge in [-0.3, -0.25) is 9.59 Å². The summed E-state index contributed by atoms with van der Waals surface area (Å²) >= 11 is 0. The monoisotopic (exact) mass is 512 g/mol. The van der Waals surface area contributed by atoms with E-state index in [4.69, 9.17) is 4.98 Å². The van der Waals surface area contributed by atoms with Gasteiger partial charge in [0.1, 0.15) is 5.82 Å². The molecule has 2 aromatic heterocycles. The first-order valence-corrected chi connectivity index (χ1v) is 13.0. The molecular weight excluding hydrogens is 480 g/mol. The lowest BCUT2D eigenvalue weighted by molar-refractivity contribution is -0.133. The Kier molecular flexibility index (Phi) is 7.57. The number of tetrazole rings is 1. The van der Waals surface area contributed by atoms with Gasteiger partial charge in [0, 0.05) is 38.4 Å². The van der Waals surface area contributed by atoms with E-state index >= 15 is 0 Å². The van der Waals surface area contributed by atoms with Gasteiger partial charge < -0.3 is 14.8 Å². The quantitative estimate of drug-likeness (QED) is 0.355. The van der Waals surface area contributed by atoms with Crippen LogP contribution >= 0.6 is 0 Å². The second-order valence-electron chi connectivity index (χ2n) is 9.56. The topological polar surface area (TPSA) is 122 Å². The molecule has 0 unspecified atom stereocenters. The van der Waals surface area contributed by atoms with Gasteiger partial charge >= 0.3 is 0 Å². The normalized spacial score (nSPS) is 12.8. The molecule has 1 aliphatic rings. The average molecular weight is 513 g/mol. The standard InChI is InChI=1S/C28H32N8O2/c1-3-4-9-26-30-24-14-15-35(27(38)16-29-19(2)37)18-25(24)36(26)17-20-10-12-21(13-11-20)22-7-5-6-8-23(22)28-31-33-34-32-28/h5-8,10-13H,3-4,9,14-18H2,1-2H3,(H,29,37)(H,31,32,33,34). The van der Waals surface area contributed by atoms with Crippen molar-refractivity contribution in [1.82, 2.24) is 40.4 Å². The fourth-order valence-electron chi connectivity index (χ4n) is 4.88. The van der Waals surface area contributed by atoms with Crippen LogP contribution in [-0.2, 0) is 35.5 Å². The van der Waals surface area contributed by atoms with Crippen molar-refractivity contribution >= 4 is 11.8 Å². The summed E-state index contributed by atoms with van der Waals surface area (Å²) in [7, 11) is 0. The van der Waals surface area contributed by atoms with E-state index in [0.717, 1.165) is 65.1 Å². The maximum atomic E-state index is 12.7. The summed E-state index contributed by atoms with van der Waals surface area (Å²) in [6.07, 6.45) is 3.78. The average Bonchev–Trinajstić information content (AvgIpc) is 3.59. The number of H-pyrrole nitrogens is 1. The molecule has 0 atom stereocenters. The molecule has 0 saturated heterocycles. The number of unbranched alkanes of at least 4 members (excludes halogenated alkanes) is 1. The van der Waals surface area contributed by atoms with E-state index in [-0.39, 0.29) is 18.4 Å². The molecule has 1 aliphatic heterocycles. The van der Waals surface area contributed by atoms with Crippen molar-refractivity contribution in [2.45, 2.75) is 52.6 Å². The van der Waals surface area contributed by atoms with Gasteiger partial charge in [0.05, 0.1) is 24.5 Å². The number of carbonyl (C=O) groups is 2. The molecule has 2 N–H and O–H groups in total. The number of carbonyl (C=O) groups excluding carboxylic acids is 2. The summed E-state index contributed by atoms with van der Waals surface area (Å²) in [5.41, 5.74) is 6.35. The Morgan fingerprint density at radius 1 is 1.08 bits per heavy atom. The number of aromatic nitrogens is 6. The molecular formula is C28H32N8O2. The molecule has 0 radical (unpaired) electrons. The van der Waals surface area contributed by atoms with Gasteiger partial charge in [0.2, 0.25) is 17.6 Å². The highest BCUT2D eigenvalue weighted by molar-refractivity contribution is 5.84. The van der Waals surface area contributed by atoms with Crippen LogP contribution in [0.5, 0.6) is 0 Å². The van der Waals surface area contributed by atoms with E-state index in [1.807, 2.05) is 23.1 Å². The van der Waals surface area contributed by atoms with Crippen LogP contribution in [-0.4, -0.2) is 60.0 Å². The van der Waals surface area contributed by atoms with Crippen LogP contribution < -0.4 is 5.32 Å². The predicted molar refractivity (Wildman–Crippen MR) is 143 cm³/mol. The van der Waals surface area contributed by atoms with E-state index in [0.29, 0.717) is 25.5 Å². The Labute approximate surface area is 221 Å². The smallest absolute Gasteiger partial charge is 0.242 e. The van der Waals surface area contributed by atoms with Crippen LogP contribution in [0.15, 0.2) is 48.5 Å². The largest absolute Gasteiger partial charge is 0.347 e. The first-order valence-electron chi connectivity index (χ1n) is 13.0. The minimum Gasteiger partial charge on any atom is -0.347 e. The summed E-state index contributed by atoms with van der Waals surface area (Å²) in [5, 5.41) is 17.1. The zero-order valence-corrected chi connectivity index (χ0v) is 21.8. The Balaban J connectivity index is 1.39. The van der Waals surface area contributed by atoms with Crippen LogP contribution in [0.4, 0.5) is 0 Å². The van der Waals surface area contributed by atoms with Crippen molar-refractivity contribution < 1.29 is 9.59 Å². The lowest BCUT2D eigenvalue weighted by atomic mass is 9.98. The Morgan fingerprint density at radius 2 is 1.87 bits per heavy atom. The van der Waals surface area contributed by atoms with Gasteiger partial charge in [-0.2, -0.15) is 5.21 Å². The molecule has 3 heterocycles. The highest BCUT2D eigenvalue weighted by Gasteiger charge is 2.26. The van der Waals surface area contributed by atoms with Gasteiger partial charge in [-0.05, 0) is 28.3 Å². The molecule has 38 heavy (non-hydrogen) atoms. The number of hydrogen-bond donors (Lipinski definition) is 2. The second kappa shape index (κ2) is 11.4. The molecule has 2 aromatic carbocycles. The SMILES string of the molecule is CCCCc1nc2c(n1Cc1ccc(-c3ccccc3-c3nn[nH]n3)cc1)CN(C(=O)CNC(C)=O)CC2. The van der Waals surface area contributed by atoms with Crippen LogP contribution in [0.3, 0.4) is 0 Å². The number of imidazole rings is 1. The van der Waals surface area contributed by atoms with Crippen molar-refractivity contribution in [1.29, 1.82) is 0 Å². The van der Waals surface area contributed by atoms with E-state index in [9.17, 15) is 9.59 Å². The molecule has 4 aromatic rings. The third-order valence-corrected chi connectivity index (χ3v) is 6.91. The molecule has 0 fully saturated rings. The summed E-state index contributed by atoms with van der Waals surface area (Å²) in [6.45, 7) is 5.43. The summed E-state index contributed by atoms with van der Waals surface area (Å²) in [6, 6.07) is 16.5. The van der Waals surface area contributed by atoms with E-state index in [1.165, 1.54) is 6.92 Å². The molecule has 0 spiro atoms. The number of nitrogens with one attached hydrogen (secondary N) is 2. The number of fused-ring (bicyclic) bond motifs is 1. The Bertz CT molecular complexity index is 1410. The summed E-state index contributed by atoms with van der Waals surface area (Å²) < 4.78 is 2.28.